The van der Waals surface area contributed by atoms with Crippen molar-refractivity contribution in [2.24, 2.45) is 0 Å². The maximum atomic E-state index is 11.5. The molecule has 1 amide bonds. The number of phenols is 1. The van der Waals surface area contributed by atoms with Gasteiger partial charge in [0.2, 0.25) is 5.91 Å². The summed E-state index contributed by atoms with van der Waals surface area (Å²) in [6.45, 7) is 2.18. The number of aromatic nitrogens is 2. The van der Waals surface area contributed by atoms with Crippen LogP contribution in [0.2, 0.25) is 0 Å². The number of para-hydroxylation sites is 1. The fraction of sp³-hybridized carbons (Fsp3) is 0.148. The van der Waals surface area contributed by atoms with Gasteiger partial charge in [0.05, 0.1) is 17.7 Å². The summed E-state index contributed by atoms with van der Waals surface area (Å²) >= 11 is 0. The summed E-state index contributed by atoms with van der Waals surface area (Å²) in [5.74, 6) is 6.74. The molecule has 0 spiro atoms. The number of methoxy groups -OCH3 is 1. The molecule has 0 unspecified atom stereocenters. The van der Waals surface area contributed by atoms with Crippen molar-refractivity contribution >= 4 is 34.0 Å². The van der Waals surface area contributed by atoms with Crippen LogP contribution in [0.3, 0.4) is 0 Å². The number of hydrogen-bond acceptors (Lipinski definition) is 6. The highest BCUT2D eigenvalue weighted by Gasteiger charge is 2.19. The lowest BCUT2D eigenvalue weighted by molar-refractivity contribution is -0.124. The molecule has 1 heterocycles. The quantitative estimate of drug-likeness (QED) is 0.426. The molecule has 0 aliphatic carbocycles. The summed E-state index contributed by atoms with van der Waals surface area (Å²) in [7, 11) is 1.47. The van der Waals surface area contributed by atoms with Crippen LogP contribution in [-0.4, -0.2) is 41.2 Å². The minimum atomic E-state index is -0.214. The van der Waals surface area contributed by atoms with Crippen molar-refractivity contribution in [3.05, 3.63) is 84.2 Å². The molecule has 0 atom stereocenters. The second-order valence-corrected chi connectivity index (χ2v) is 7.58. The van der Waals surface area contributed by atoms with Crippen molar-refractivity contribution in [3.8, 4) is 17.6 Å². The van der Waals surface area contributed by atoms with Gasteiger partial charge in [-0.3, -0.25) is 9.69 Å². The van der Waals surface area contributed by atoms with E-state index in [1.54, 1.807) is 18.5 Å². The average Bonchev–Trinajstić information content (AvgIpc) is 2.84. The number of carbonyl (C=O) groups excluding carboxylic acids is 1. The molecule has 34 heavy (non-hydrogen) atoms. The van der Waals surface area contributed by atoms with Gasteiger partial charge >= 0.3 is 0 Å². The number of aryl methyl sites for hydroxylation is 1. The first-order chi connectivity index (χ1) is 16.6. The molecule has 170 valence electrons. The minimum Gasteiger partial charge on any atom is -0.508 e. The van der Waals surface area contributed by atoms with Crippen LogP contribution < -0.4 is 10.2 Å². The number of amides is 1. The molecule has 0 saturated carbocycles. The lowest BCUT2D eigenvalue weighted by atomic mass is 10.1. The smallest absolute Gasteiger partial charge is 0.246 e. The van der Waals surface area contributed by atoms with E-state index in [-0.39, 0.29) is 24.8 Å². The Morgan fingerprint density at radius 2 is 1.91 bits per heavy atom. The van der Waals surface area contributed by atoms with Gasteiger partial charge in [0, 0.05) is 23.7 Å². The lowest BCUT2D eigenvalue weighted by Crippen LogP contribution is -2.27. The molecule has 0 aliphatic rings. The lowest BCUT2D eigenvalue weighted by Gasteiger charge is -2.26. The standard InChI is InChI=1S/C27H24N4O3/c1-19-15-22(32)11-13-25(19)31(21-8-4-3-5-9-21)27-23-16-20(10-12-24(23)29-18-30-27)7-6-14-28-26(33)17-34-2/h3-5,8-13,15-16,18,32H,14,17H2,1-2H3,(H,28,33). The van der Waals surface area contributed by atoms with Crippen molar-refractivity contribution < 1.29 is 14.6 Å². The van der Waals surface area contributed by atoms with Crippen LogP contribution >= 0.6 is 0 Å². The normalized spacial score (nSPS) is 10.4. The fourth-order valence-corrected chi connectivity index (χ4v) is 3.61. The van der Waals surface area contributed by atoms with Crippen LogP contribution in [0, 0.1) is 18.8 Å². The van der Waals surface area contributed by atoms with Crippen molar-refractivity contribution in [2.75, 3.05) is 25.2 Å². The van der Waals surface area contributed by atoms with Crippen LogP contribution in [0.15, 0.2) is 73.1 Å². The van der Waals surface area contributed by atoms with E-state index in [4.69, 9.17) is 4.74 Å². The first-order valence-corrected chi connectivity index (χ1v) is 10.7. The zero-order chi connectivity index (χ0) is 23.9. The molecular weight excluding hydrogens is 428 g/mol. The molecule has 0 radical (unpaired) electrons. The second-order valence-electron chi connectivity index (χ2n) is 7.58. The number of ether oxygens (including phenoxy) is 1. The minimum absolute atomic E-state index is 0.00432. The number of benzene rings is 3. The van der Waals surface area contributed by atoms with E-state index in [0.717, 1.165) is 33.4 Å². The van der Waals surface area contributed by atoms with Gasteiger partial charge in [-0.05, 0) is 61.0 Å². The molecule has 7 nitrogen and oxygen atoms in total. The van der Waals surface area contributed by atoms with E-state index in [2.05, 4.69) is 27.1 Å². The molecule has 0 fully saturated rings. The maximum absolute atomic E-state index is 11.5. The van der Waals surface area contributed by atoms with Gasteiger partial charge in [-0.15, -0.1) is 0 Å². The molecule has 3 aromatic carbocycles. The van der Waals surface area contributed by atoms with Crippen LogP contribution in [0.25, 0.3) is 10.9 Å². The highest BCUT2D eigenvalue weighted by atomic mass is 16.5. The van der Waals surface area contributed by atoms with Crippen molar-refractivity contribution in [1.82, 2.24) is 15.3 Å². The molecular formula is C27H24N4O3. The number of nitrogens with one attached hydrogen (secondary N) is 1. The van der Waals surface area contributed by atoms with Gasteiger partial charge in [0.15, 0.2) is 0 Å². The molecule has 1 aromatic heterocycles. The molecule has 2 N–H and O–H groups in total. The average molecular weight is 453 g/mol. The van der Waals surface area contributed by atoms with E-state index in [0.29, 0.717) is 5.82 Å². The Kier molecular flexibility index (Phi) is 7.01. The van der Waals surface area contributed by atoms with Crippen LogP contribution in [0.5, 0.6) is 5.75 Å². The van der Waals surface area contributed by atoms with E-state index in [1.807, 2.05) is 66.4 Å². The molecule has 4 aromatic rings. The van der Waals surface area contributed by atoms with Gasteiger partial charge < -0.3 is 15.2 Å². The number of carbonyl (C=O) groups is 1. The number of anilines is 3. The summed E-state index contributed by atoms with van der Waals surface area (Å²) in [4.78, 5) is 22.6. The topological polar surface area (TPSA) is 87.6 Å². The molecule has 0 bridgehead atoms. The van der Waals surface area contributed by atoms with E-state index >= 15 is 0 Å². The summed E-state index contributed by atoms with van der Waals surface area (Å²) in [5.41, 5.74) is 4.27. The number of fused-ring (bicyclic) bond motifs is 1. The summed E-state index contributed by atoms with van der Waals surface area (Å²) < 4.78 is 4.80. The first kappa shape index (κ1) is 22.8. The van der Waals surface area contributed by atoms with Crippen LogP contribution in [0.4, 0.5) is 17.2 Å². The number of rotatable bonds is 6. The number of nitrogens with zero attached hydrogens (tertiary/aromatic N) is 3. The number of hydrogen-bond donors (Lipinski definition) is 2. The SMILES string of the molecule is COCC(=O)NCC#Cc1ccc2ncnc(N(c3ccccc3)c3ccc(O)cc3C)c2c1. The van der Waals surface area contributed by atoms with Crippen molar-refractivity contribution in [1.29, 1.82) is 0 Å². The van der Waals surface area contributed by atoms with Crippen molar-refractivity contribution in [3.63, 3.8) is 0 Å². The summed E-state index contributed by atoms with van der Waals surface area (Å²) in [6.07, 6.45) is 1.54. The highest BCUT2D eigenvalue weighted by molar-refractivity contribution is 5.95. The van der Waals surface area contributed by atoms with E-state index < -0.39 is 0 Å². The van der Waals surface area contributed by atoms with Gasteiger partial charge in [-0.1, -0.05) is 30.0 Å². The van der Waals surface area contributed by atoms with Gasteiger partial charge in [-0.2, -0.15) is 0 Å². The predicted molar refractivity (Wildman–Crippen MR) is 132 cm³/mol. The Balaban J connectivity index is 1.78. The summed E-state index contributed by atoms with van der Waals surface area (Å²) in [6, 6.07) is 20.9. The van der Waals surface area contributed by atoms with E-state index in [9.17, 15) is 9.90 Å². The second kappa shape index (κ2) is 10.5. The third kappa shape index (κ3) is 5.14. The largest absolute Gasteiger partial charge is 0.508 e. The molecule has 7 heteroatoms. The Hall–Kier alpha value is -4.41. The highest BCUT2D eigenvalue weighted by Crippen LogP contribution is 2.39. The third-order valence-corrected chi connectivity index (χ3v) is 5.14. The van der Waals surface area contributed by atoms with Crippen molar-refractivity contribution in [2.45, 2.75) is 6.92 Å². The number of aromatic hydroxyl groups is 1. The summed E-state index contributed by atoms with van der Waals surface area (Å²) in [5, 5.41) is 13.5. The zero-order valence-corrected chi connectivity index (χ0v) is 18.9. The Morgan fingerprint density at radius 3 is 2.68 bits per heavy atom. The molecule has 0 saturated heterocycles. The Labute approximate surface area is 198 Å². The monoisotopic (exact) mass is 452 g/mol. The van der Waals surface area contributed by atoms with Crippen LogP contribution in [-0.2, 0) is 9.53 Å². The zero-order valence-electron chi connectivity index (χ0n) is 18.9. The Bertz CT molecular complexity index is 1380. The van der Waals surface area contributed by atoms with Crippen LogP contribution in [0.1, 0.15) is 11.1 Å². The number of phenolic OH excluding ortho intramolecular Hbond substituents is 1. The van der Waals surface area contributed by atoms with Gasteiger partial charge in [-0.25, -0.2) is 9.97 Å². The Morgan fingerprint density at radius 1 is 1.09 bits per heavy atom. The van der Waals surface area contributed by atoms with E-state index in [1.165, 1.54) is 7.11 Å². The first-order valence-electron chi connectivity index (χ1n) is 10.7. The van der Waals surface area contributed by atoms with Gasteiger partial charge in [0.1, 0.15) is 24.5 Å². The van der Waals surface area contributed by atoms with Gasteiger partial charge in [0.25, 0.3) is 0 Å². The fourth-order valence-electron chi connectivity index (χ4n) is 3.61. The third-order valence-electron chi connectivity index (χ3n) is 5.14. The predicted octanol–water partition coefficient (Wildman–Crippen LogP) is 4.23. The maximum Gasteiger partial charge on any atom is 0.246 e. The molecule has 0 aliphatic heterocycles. The molecule has 4 rings (SSSR count).